The lowest BCUT2D eigenvalue weighted by Crippen LogP contribution is -2.28. The molecule has 0 amide bonds. The summed E-state index contributed by atoms with van der Waals surface area (Å²) in [6.45, 7) is 0.338. The van der Waals surface area contributed by atoms with Crippen LogP contribution in [0.2, 0.25) is 0 Å². The van der Waals surface area contributed by atoms with E-state index in [9.17, 15) is 26.4 Å². The summed E-state index contributed by atoms with van der Waals surface area (Å²) in [5.41, 5.74) is -0.0566. The van der Waals surface area contributed by atoms with Crippen LogP contribution in [0.1, 0.15) is 23.7 Å². The molecule has 0 fully saturated rings. The van der Waals surface area contributed by atoms with E-state index in [-0.39, 0.29) is 16.3 Å². The van der Waals surface area contributed by atoms with E-state index in [1.807, 2.05) is 30.3 Å². The Balaban J connectivity index is 1.77. The highest BCUT2D eigenvalue weighted by Crippen LogP contribution is 2.32. The van der Waals surface area contributed by atoms with Crippen LogP contribution in [-0.4, -0.2) is 44.5 Å². The van der Waals surface area contributed by atoms with Gasteiger partial charge in [0.15, 0.2) is 0 Å². The molecule has 0 heterocycles. The molecule has 0 radical (unpaired) electrons. The summed E-state index contributed by atoms with van der Waals surface area (Å²) >= 11 is 0. The molecule has 0 aliphatic carbocycles. The third-order valence-electron chi connectivity index (χ3n) is 5.25. The molecule has 1 N–H and O–H groups in total. The molecular formula is C25H24F3NO5S. The highest BCUT2D eigenvalue weighted by Gasteiger charge is 2.31. The van der Waals surface area contributed by atoms with Crippen molar-refractivity contribution in [3.05, 3.63) is 90.0 Å². The zero-order valence-corrected chi connectivity index (χ0v) is 19.6. The number of hydrogen-bond acceptors (Lipinski definition) is 5. The van der Waals surface area contributed by atoms with Crippen molar-refractivity contribution in [2.24, 2.45) is 0 Å². The van der Waals surface area contributed by atoms with E-state index in [1.54, 1.807) is 11.9 Å². The first-order chi connectivity index (χ1) is 16.5. The lowest BCUT2D eigenvalue weighted by Gasteiger charge is -2.22. The predicted octanol–water partition coefficient (Wildman–Crippen LogP) is 5.06. The minimum atomic E-state index is -4.56. The minimum absolute atomic E-state index is 0.0814. The van der Waals surface area contributed by atoms with Crippen molar-refractivity contribution < 1.29 is 36.2 Å². The summed E-state index contributed by atoms with van der Waals surface area (Å²) in [6.07, 6.45) is -4.48. The van der Waals surface area contributed by atoms with Gasteiger partial charge in [-0.25, -0.2) is 8.42 Å². The van der Waals surface area contributed by atoms with Crippen molar-refractivity contribution in [1.29, 1.82) is 0 Å². The molecule has 186 valence electrons. The van der Waals surface area contributed by atoms with Crippen molar-refractivity contribution in [3.8, 4) is 5.75 Å². The van der Waals surface area contributed by atoms with E-state index < -0.39 is 33.7 Å². The molecule has 0 bridgehead atoms. The number of carboxylic acids is 1. The Bertz CT molecular complexity index is 1230. The van der Waals surface area contributed by atoms with Crippen LogP contribution in [0.5, 0.6) is 5.75 Å². The highest BCUT2D eigenvalue weighted by atomic mass is 32.2. The van der Waals surface area contributed by atoms with Gasteiger partial charge in [0.1, 0.15) is 11.9 Å². The van der Waals surface area contributed by atoms with Gasteiger partial charge in [0.05, 0.1) is 21.9 Å². The normalized spacial score (nSPS) is 12.9. The molecule has 0 aromatic heterocycles. The van der Waals surface area contributed by atoms with Crippen LogP contribution in [0.25, 0.3) is 0 Å². The number of alkyl halides is 3. The van der Waals surface area contributed by atoms with Gasteiger partial charge < -0.3 is 9.84 Å². The van der Waals surface area contributed by atoms with Crippen LogP contribution in [0.3, 0.4) is 0 Å². The van der Waals surface area contributed by atoms with Crippen LogP contribution in [0, 0.1) is 0 Å². The number of aliphatic carboxylic acids is 1. The molecule has 1 unspecified atom stereocenters. The number of halogens is 3. The summed E-state index contributed by atoms with van der Waals surface area (Å²) in [6, 6.07) is 18.3. The lowest BCUT2D eigenvalue weighted by atomic mass is 10.1. The molecule has 0 aliphatic heterocycles. The van der Waals surface area contributed by atoms with Crippen molar-refractivity contribution >= 4 is 15.8 Å². The van der Waals surface area contributed by atoms with Crippen LogP contribution >= 0.6 is 0 Å². The van der Waals surface area contributed by atoms with Crippen molar-refractivity contribution in [2.75, 3.05) is 20.1 Å². The summed E-state index contributed by atoms with van der Waals surface area (Å²) in [5, 5.41) is 8.95. The number of likely N-dealkylation sites (N-methyl/N-ethyl adjacent to an activating group) is 1. The molecule has 0 spiro atoms. The third kappa shape index (κ3) is 7.06. The smallest absolute Gasteiger partial charge is 0.416 e. The van der Waals surface area contributed by atoms with Crippen LogP contribution < -0.4 is 4.74 Å². The Hall–Kier alpha value is -3.37. The standard InChI is InChI=1S/C25H24F3NO5S/c1-29(17-24(30)31)16-15-23(18-5-3-2-4-6-18)34-20-9-13-22(14-10-20)35(32,33)21-11-7-19(8-12-21)25(26,27)28/h2-14,23H,15-17H2,1H3,(H,30,31). The monoisotopic (exact) mass is 507 g/mol. The predicted molar refractivity (Wildman–Crippen MR) is 123 cm³/mol. The molecule has 3 rings (SSSR count). The first-order valence-electron chi connectivity index (χ1n) is 10.6. The zero-order valence-electron chi connectivity index (χ0n) is 18.8. The summed E-state index contributed by atoms with van der Waals surface area (Å²) in [7, 11) is -2.33. The zero-order chi connectivity index (χ0) is 25.6. The average molecular weight is 508 g/mol. The molecule has 6 nitrogen and oxygen atoms in total. The van der Waals surface area contributed by atoms with E-state index in [0.29, 0.717) is 18.7 Å². The molecule has 0 aliphatic rings. The lowest BCUT2D eigenvalue weighted by molar-refractivity contribution is -0.138. The topological polar surface area (TPSA) is 83.9 Å². The maximum atomic E-state index is 12.8. The SMILES string of the molecule is CN(CCC(Oc1ccc(S(=O)(=O)c2ccc(C(F)(F)F)cc2)cc1)c1ccccc1)CC(=O)O. The van der Waals surface area contributed by atoms with Crippen molar-refractivity contribution in [3.63, 3.8) is 0 Å². The van der Waals surface area contributed by atoms with Gasteiger partial charge in [0.2, 0.25) is 9.84 Å². The van der Waals surface area contributed by atoms with Crippen LogP contribution in [-0.2, 0) is 20.8 Å². The van der Waals surface area contributed by atoms with E-state index in [4.69, 9.17) is 9.84 Å². The summed E-state index contributed by atoms with van der Waals surface area (Å²) < 4.78 is 70.1. The summed E-state index contributed by atoms with van der Waals surface area (Å²) in [5.74, 6) is -0.541. The fourth-order valence-electron chi connectivity index (χ4n) is 3.43. The van der Waals surface area contributed by atoms with E-state index in [1.165, 1.54) is 24.3 Å². The van der Waals surface area contributed by atoms with Gasteiger partial charge in [-0.2, -0.15) is 13.2 Å². The van der Waals surface area contributed by atoms with E-state index in [0.717, 1.165) is 29.8 Å². The van der Waals surface area contributed by atoms with Crippen molar-refractivity contribution in [2.45, 2.75) is 28.5 Å². The molecule has 0 saturated carbocycles. The molecule has 10 heteroatoms. The van der Waals surface area contributed by atoms with Crippen LogP contribution in [0.4, 0.5) is 13.2 Å². The molecule has 0 saturated heterocycles. The molecule has 3 aromatic rings. The van der Waals surface area contributed by atoms with Gasteiger partial charge in [-0.3, -0.25) is 9.69 Å². The number of sulfone groups is 1. The second-order valence-electron chi connectivity index (χ2n) is 7.93. The van der Waals surface area contributed by atoms with Gasteiger partial charge >= 0.3 is 12.1 Å². The maximum Gasteiger partial charge on any atom is 0.416 e. The number of hydrogen-bond donors (Lipinski definition) is 1. The fourth-order valence-corrected chi connectivity index (χ4v) is 4.69. The molecule has 35 heavy (non-hydrogen) atoms. The number of ether oxygens (including phenoxy) is 1. The van der Waals surface area contributed by atoms with Gasteiger partial charge in [-0.15, -0.1) is 0 Å². The molecular weight excluding hydrogens is 483 g/mol. The number of carboxylic acid groups (broad SMARTS) is 1. The van der Waals surface area contributed by atoms with E-state index in [2.05, 4.69) is 0 Å². The maximum absolute atomic E-state index is 12.8. The van der Waals surface area contributed by atoms with Crippen LogP contribution in [0.15, 0.2) is 88.7 Å². The molecule has 1 atom stereocenters. The minimum Gasteiger partial charge on any atom is -0.486 e. The Morgan fingerprint density at radius 2 is 1.49 bits per heavy atom. The second kappa shape index (κ2) is 10.9. The van der Waals surface area contributed by atoms with Gasteiger partial charge in [-0.05, 0) is 61.1 Å². The number of carbonyl (C=O) groups is 1. The number of benzene rings is 3. The van der Waals surface area contributed by atoms with Gasteiger partial charge in [0.25, 0.3) is 0 Å². The Morgan fingerprint density at radius 3 is 2.00 bits per heavy atom. The third-order valence-corrected chi connectivity index (χ3v) is 7.04. The quantitative estimate of drug-likeness (QED) is 0.413. The van der Waals surface area contributed by atoms with Crippen molar-refractivity contribution in [1.82, 2.24) is 4.90 Å². The second-order valence-corrected chi connectivity index (χ2v) is 9.88. The van der Waals surface area contributed by atoms with Gasteiger partial charge in [-0.1, -0.05) is 30.3 Å². The highest BCUT2D eigenvalue weighted by molar-refractivity contribution is 7.91. The number of nitrogens with zero attached hydrogens (tertiary/aromatic N) is 1. The number of rotatable bonds is 10. The summed E-state index contributed by atoms with van der Waals surface area (Å²) in [4.78, 5) is 12.2. The first kappa shape index (κ1) is 26.2. The first-order valence-corrected chi connectivity index (χ1v) is 12.1. The average Bonchev–Trinajstić information content (AvgIpc) is 2.81. The Kier molecular flexibility index (Phi) is 8.18. The van der Waals surface area contributed by atoms with E-state index >= 15 is 0 Å². The Labute approximate surface area is 201 Å². The molecule has 3 aromatic carbocycles. The Morgan fingerprint density at radius 1 is 0.943 bits per heavy atom. The largest absolute Gasteiger partial charge is 0.486 e. The van der Waals surface area contributed by atoms with Gasteiger partial charge in [0, 0.05) is 13.0 Å². The fraction of sp³-hybridized carbons (Fsp3) is 0.240.